The van der Waals surface area contributed by atoms with Crippen molar-refractivity contribution in [3.05, 3.63) is 128 Å². The molecule has 3 amide bonds. The Bertz CT molecular complexity index is 5580. The van der Waals surface area contributed by atoms with E-state index in [0.717, 1.165) is 77.9 Å². The first-order valence-electron chi connectivity index (χ1n) is 44.1. The van der Waals surface area contributed by atoms with E-state index in [1.54, 1.807) is 21.1 Å². The minimum atomic E-state index is -1.50. The van der Waals surface area contributed by atoms with Gasteiger partial charge in [-0.3, -0.25) is 58.2 Å². The molecule has 38 nitrogen and oxygen atoms in total. The topological polar surface area (TPSA) is 487 Å². The fraction of sp³-hybridized carbons (Fsp3) is 0.542. The zero-order valence-electron chi connectivity index (χ0n) is 77.9. The number of piperazine rings is 3. The summed E-state index contributed by atoms with van der Waals surface area (Å²) >= 11 is 0. The van der Waals surface area contributed by atoms with E-state index in [1.165, 1.54) is 27.9 Å². The van der Waals surface area contributed by atoms with Crippen LogP contribution >= 0.6 is 0 Å². The third kappa shape index (κ3) is 17.4. The van der Waals surface area contributed by atoms with E-state index in [2.05, 4.69) is 58.7 Å². The number of rotatable bonds is 15. The zero-order chi connectivity index (χ0) is 95.6. The maximum atomic E-state index is 12.9. The number of aromatic hydroxyl groups is 3. The van der Waals surface area contributed by atoms with E-state index >= 15 is 0 Å². The number of nitrogens with zero attached hydrogens (tertiary/aromatic N) is 9. The summed E-state index contributed by atoms with van der Waals surface area (Å²) in [7, 11) is 10.6. The molecule has 3 unspecified atom stereocenters. The van der Waals surface area contributed by atoms with Crippen LogP contribution < -0.4 is 78.5 Å². The van der Waals surface area contributed by atoms with Gasteiger partial charge in [-0.05, 0) is 142 Å². The quantitative estimate of drug-likeness (QED) is 0.0152. The molecule has 3 fully saturated rings. The Labute approximate surface area is 799 Å². The molecule has 733 valence electrons. The van der Waals surface area contributed by atoms with Gasteiger partial charge in [-0.2, -0.15) is 10.5 Å². The number of benzene rings is 6. The number of carbonyl (C=O) groups is 6. The number of phenolic OH excluding ortho intramolecular Hbond substituents is 3. The summed E-state index contributed by atoms with van der Waals surface area (Å²) in [4.78, 5) is 96.8. The van der Waals surface area contributed by atoms with E-state index in [9.17, 15) is 59.7 Å². The van der Waals surface area contributed by atoms with Crippen LogP contribution in [-0.4, -0.2) is 239 Å². The fourth-order valence-corrected chi connectivity index (χ4v) is 22.9. The molecule has 3 saturated heterocycles. The van der Waals surface area contributed by atoms with Gasteiger partial charge in [0, 0.05) is 172 Å². The van der Waals surface area contributed by atoms with Crippen molar-refractivity contribution in [3.63, 3.8) is 0 Å². The summed E-state index contributed by atoms with van der Waals surface area (Å²) in [6, 6.07) is 5.13. The van der Waals surface area contributed by atoms with E-state index in [4.69, 9.17) is 77.9 Å². The van der Waals surface area contributed by atoms with E-state index in [0.29, 0.717) is 130 Å². The first-order valence-corrected chi connectivity index (χ1v) is 44.1. The van der Waals surface area contributed by atoms with Gasteiger partial charge in [0.05, 0.1) is 81.8 Å². The predicted molar refractivity (Wildman–Crippen MR) is 484 cm³/mol. The number of methoxy groups -OCH3 is 3. The Morgan fingerprint density at radius 3 is 1.01 bits per heavy atom. The van der Waals surface area contributed by atoms with Gasteiger partial charge in [-0.25, -0.2) is 0 Å². The molecule has 1 radical (unpaired) electrons. The molecule has 135 heavy (non-hydrogen) atoms. The van der Waals surface area contributed by atoms with Gasteiger partial charge < -0.3 is 104 Å². The SMILES string of the molecule is C.C.COc1c(C)cc2c(c1O)[C@@H]1C3Cc4c(OC(C)=O)c(C)c5c(c4[C@H](CNC(=O)C(C)C)N3[C@@H](C#N)[C@H](C2)N1C)OCO5.COc1c(C)cc2c(c1O)[C@@H]1C3Cc4c(OC(C)=O)c(C)c5c(c4[C@H](CNC(=O)C(C)C)N3[C@@H](O)[C@H](C2)N1C)OCO5.COc1c(C)cc2c(c1O)[C@@H]1C3Cc4c(OC(C)=O)c(C)c5c(c4[C@H](CNC(=O)[C@H](C)N)N3[C@@H](C#N)[C@H](C2)N1C)OCO5.O=[N+]([O-])O.[Ag]. The number of aryl methyl sites for hydroxylation is 3. The maximum absolute atomic E-state index is 12.9. The normalized spacial score (nSPS) is 24.6. The second-order valence-corrected chi connectivity index (χ2v) is 36.4. The van der Waals surface area contributed by atoms with E-state index in [-0.39, 0.29) is 178 Å². The molecule has 6 aromatic carbocycles. The largest absolute Gasteiger partial charge is 0.504 e. The number of nitrogens with two attached hydrogens (primary N) is 1. The van der Waals surface area contributed by atoms with Crippen LogP contribution in [0, 0.1) is 86.2 Å². The summed E-state index contributed by atoms with van der Waals surface area (Å²) in [5.74, 6) is 3.36. The average molecular weight is 1970 g/mol. The van der Waals surface area contributed by atoms with Crippen molar-refractivity contribution in [2.24, 2.45) is 17.6 Å². The predicted octanol–water partition coefficient (Wildman–Crippen LogP) is 8.69. The number of nitrogens with one attached hydrogen (secondary N) is 3. The zero-order valence-corrected chi connectivity index (χ0v) is 79.4. The average Bonchev–Trinajstić information content (AvgIpc) is 1.67. The first-order chi connectivity index (χ1) is 62.7. The number of phenols is 3. The Balaban J connectivity index is 0.000000177. The van der Waals surface area contributed by atoms with Crippen molar-refractivity contribution < 1.29 is 139 Å². The first kappa shape index (κ1) is 102. The standard InChI is InChI=1S/C32H38N4O7.C31H37N5O7.C31H39N3O8.2CH4.Ag.HNO3/c1-14(2)32(39)34-12-23-25-19(29(43-17(5)37)16(4)30-31(25)42-13-41-30)10-21-26-24-18(8-15(3)28(40-7)27(24)38)9-20(35(26)6)22(11-33)36(21)23;1-13-7-17-8-19-21(10-32)36-20(25(35(19)5)23(17)26(38)27(13)40-6)9-18-24(22(36)11-34-31(39)15(3)33)30-29(41-12-42-30)14(2)28(18)43-16(4)37;1-13(2)30(37)32-11-21-23-18(27(42-16(5)35)15(4)28-29(23)41-12-40-28)10-19-24-22-17(8-14(3)26(39-7)25(22)36)9-20(33(24)6)31(38)34(19)21;;;;2-1(3)4/h8,14,20-23,26,38H,9-10,12-13H2,1-7H3,(H,34,39);7,15,19-22,25,38H,8-9,11-12,33H2,1-6H3,(H,34,39);8,13,19-21,24,31,36,38H,9-12H2,1-7H3,(H,32,37);2*1H4;;(H,2,3,4)/t20-,21?,22-,23-,26-;15-,19-,20?,21-,22-,25-;19?,20-,21-,24-,31-;;;;/m000..../s1. The molecule has 39 heteroatoms. The van der Waals surface area contributed by atoms with Crippen molar-refractivity contribution >= 4 is 35.6 Å². The number of carbonyl (C=O) groups excluding carboxylic acids is 6. The smallest absolute Gasteiger partial charge is 0.308 e. The van der Waals surface area contributed by atoms with Crippen LogP contribution in [0.5, 0.6) is 86.2 Å². The number of amides is 3. The molecule has 6 bridgehead atoms. The number of aliphatic hydroxyl groups excluding tert-OH is 1. The minimum absolute atomic E-state index is 0. The Kier molecular flexibility index (Phi) is 30.3. The Morgan fingerprint density at radius 1 is 0.467 bits per heavy atom. The summed E-state index contributed by atoms with van der Waals surface area (Å²) in [6.07, 6.45) is 1.88. The van der Waals surface area contributed by atoms with Crippen molar-refractivity contribution in [2.45, 2.75) is 247 Å². The summed E-state index contributed by atoms with van der Waals surface area (Å²) in [6.45, 7) is 24.7. The van der Waals surface area contributed by atoms with Crippen LogP contribution in [0.25, 0.3) is 0 Å². The van der Waals surface area contributed by atoms with Gasteiger partial charge in [0.25, 0.3) is 5.09 Å². The number of esters is 3. The number of likely N-dealkylation sites (N-methyl/N-ethyl adjacent to an activating group) is 3. The van der Waals surface area contributed by atoms with Crippen LogP contribution in [0.15, 0.2) is 18.2 Å². The number of hydrogen-bond acceptors (Lipinski definition) is 33. The molecule has 6 aromatic rings. The molecule has 16 atom stereocenters. The van der Waals surface area contributed by atoms with Gasteiger partial charge in [0.1, 0.15) is 35.6 Å². The number of fused-ring (bicyclic) bond motifs is 27. The fourth-order valence-electron chi connectivity index (χ4n) is 22.9. The summed E-state index contributed by atoms with van der Waals surface area (Å²) < 4.78 is 70.0. The second-order valence-electron chi connectivity index (χ2n) is 36.4. The second kappa shape index (κ2) is 39.9. The number of nitriles is 2. The Morgan fingerprint density at radius 2 is 0.733 bits per heavy atom. The monoisotopic (exact) mass is 1960 g/mol. The van der Waals surface area contributed by atoms with Crippen molar-refractivity contribution in [1.29, 1.82) is 10.5 Å². The maximum Gasteiger partial charge on any atom is 0.308 e. The van der Waals surface area contributed by atoms with Crippen LogP contribution in [-0.2, 0) is 89.7 Å². The van der Waals surface area contributed by atoms with Crippen LogP contribution in [0.2, 0.25) is 0 Å². The Hall–Kier alpha value is -11.7. The summed E-state index contributed by atoms with van der Waals surface area (Å²) in [5, 5.41) is 91.0. The van der Waals surface area contributed by atoms with Gasteiger partial charge in [0.2, 0.25) is 38.1 Å². The van der Waals surface area contributed by atoms with E-state index < -0.39 is 65.5 Å². The third-order valence-electron chi connectivity index (χ3n) is 28.2. The van der Waals surface area contributed by atoms with Gasteiger partial charge >= 0.3 is 17.9 Å². The molecule has 10 N–H and O–H groups in total. The van der Waals surface area contributed by atoms with Gasteiger partial charge in [-0.15, -0.1) is 10.1 Å². The number of ether oxygens (including phenoxy) is 12. The molecule has 0 spiro atoms. The van der Waals surface area contributed by atoms with Crippen LogP contribution in [0.4, 0.5) is 0 Å². The van der Waals surface area contributed by atoms with Crippen LogP contribution in [0.1, 0.15) is 207 Å². The number of aliphatic hydroxyl groups is 1. The molecule has 0 aromatic heterocycles. The molecule has 0 saturated carbocycles. The molecule has 12 heterocycles. The molecular formula is C96H123AgN13O25. The van der Waals surface area contributed by atoms with E-state index in [1.807, 2.05) is 107 Å². The van der Waals surface area contributed by atoms with Crippen molar-refractivity contribution in [1.82, 2.24) is 45.3 Å². The van der Waals surface area contributed by atoms with Crippen molar-refractivity contribution in [2.75, 3.05) is 82.5 Å². The molecule has 12 aliphatic rings. The molecule has 12 aliphatic heterocycles. The van der Waals surface area contributed by atoms with Crippen LogP contribution in [0.3, 0.4) is 0 Å². The van der Waals surface area contributed by atoms with Gasteiger partial charge in [0.15, 0.2) is 69.0 Å². The molecular weight excluding hydrogens is 1840 g/mol. The van der Waals surface area contributed by atoms with Gasteiger partial charge in [-0.1, -0.05) is 60.7 Å². The van der Waals surface area contributed by atoms with Crippen molar-refractivity contribution in [3.8, 4) is 98.4 Å². The number of hydrogen-bond donors (Lipinski definition) is 9. The third-order valence-corrected chi connectivity index (χ3v) is 28.2. The molecule has 0 aliphatic carbocycles. The molecule has 18 rings (SSSR count). The summed E-state index contributed by atoms with van der Waals surface area (Å²) in [5.41, 5.74) is 20.0. The minimum Gasteiger partial charge on any atom is -0.504 e.